The average Bonchev–Trinajstić information content (AvgIpc) is 2.50. The van der Waals surface area contributed by atoms with E-state index < -0.39 is 0 Å². The van der Waals surface area contributed by atoms with Crippen LogP contribution in [0.1, 0.15) is 26.2 Å². The lowest BCUT2D eigenvalue weighted by Crippen LogP contribution is -2.48. The molecule has 1 saturated carbocycles. The standard InChI is InChI=1S/C10H19N3S/c1-8-6-11-9(13-8)12-7-10(14-2)4-3-5-10/h8H,3-7H2,1-2H3,(H2,11,12,13). The quantitative estimate of drug-likeness (QED) is 0.740. The van der Waals surface area contributed by atoms with Crippen LogP contribution in [0.2, 0.25) is 0 Å². The summed E-state index contributed by atoms with van der Waals surface area (Å²) in [7, 11) is 0. The third-order valence-electron chi connectivity index (χ3n) is 3.18. The van der Waals surface area contributed by atoms with E-state index in [0.29, 0.717) is 10.8 Å². The van der Waals surface area contributed by atoms with Crippen LogP contribution in [0.15, 0.2) is 4.99 Å². The zero-order chi connectivity index (χ0) is 10.0. The van der Waals surface area contributed by atoms with Crippen molar-refractivity contribution in [3.05, 3.63) is 0 Å². The highest BCUT2D eigenvalue weighted by Gasteiger charge is 2.36. The van der Waals surface area contributed by atoms with Gasteiger partial charge < -0.3 is 10.6 Å². The normalized spacial score (nSPS) is 29.0. The van der Waals surface area contributed by atoms with Crippen LogP contribution in [0.4, 0.5) is 0 Å². The second-order valence-electron chi connectivity index (χ2n) is 4.33. The van der Waals surface area contributed by atoms with Gasteiger partial charge in [0.2, 0.25) is 0 Å². The first kappa shape index (κ1) is 10.1. The Labute approximate surface area is 90.1 Å². The molecule has 0 radical (unpaired) electrons. The molecule has 1 unspecified atom stereocenters. The number of aliphatic imine (C=N–C) groups is 1. The first-order valence-electron chi connectivity index (χ1n) is 5.34. The average molecular weight is 213 g/mol. The van der Waals surface area contributed by atoms with Crippen molar-refractivity contribution in [2.45, 2.75) is 37.0 Å². The Morgan fingerprint density at radius 2 is 2.43 bits per heavy atom. The molecule has 1 aliphatic heterocycles. The lowest BCUT2D eigenvalue weighted by molar-refractivity contribution is 0.360. The van der Waals surface area contributed by atoms with Crippen molar-refractivity contribution in [1.29, 1.82) is 0 Å². The highest BCUT2D eigenvalue weighted by atomic mass is 32.2. The summed E-state index contributed by atoms with van der Waals surface area (Å²) >= 11 is 2.00. The molecular formula is C10H19N3S. The first-order chi connectivity index (χ1) is 6.74. The summed E-state index contributed by atoms with van der Waals surface area (Å²) in [5, 5.41) is 6.75. The molecule has 0 aromatic heterocycles. The van der Waals surface area contributed by atoms with Gasteiger partial charge in [-0.25, -0.2) is 0 Å². The van der Waals surface area contributed by atoms with Gasteiger partial charge in [-0.1, -0.05) is 6.42 Å². The summed E-state index contributed by atoms with van der Waals surface area (Å²) in [6.07, 6.45) is 6.31. The molecule has 2 aliphatic rings. The number of hydrogen-bond acceptors (Lipinski definition) is 4. The molecule has 0 aromatic rings. The Morgan fingerprint density at radius 1 is 1.64 bits per heavy atom. The Balaban J connectivity index is 1.76. The number of thioether (sulfide) groups is 1. The zero-order valence-electron chi connectivity index (χ0n) is 8.97. The van der Waals surface area contributed by atoms with E-state index in [1.807, 2.05) is 11.8 Å². The van der Waals surface area contributed by atoms with Crippen molar-refractivity contribution in [2.24, 2.45) is 4.99 Å². The van der Waals surface area contributed by atoms with Crippen molar-refractivity contribution >= 4 is 17.7 Å². The van der Waals surface area contributed by atoms with Crippen LogP contribution in [0.25, 0.3) is 0 Å². The summed E-state index contributed by atoms with van der Waals surface area (Å²) in [6.45, 7) is 4.13. The Morgan fingerprint density at radius 3 is 2.86 bits per heavy atom. The predicted octanol–water partition coefficient (Wildman–Crippen LogP) is 1.21. The maximum Gasteiger partial charge on any atom is 0.191 e. The first-order valence-corrected chi connectivity index (χ1v) is 6.57. The number of nitrogens with zero attached hydrogens (tertiary/aromatic N) is 1. The van der Waals surface area contributed by atoms with E-state index in [2.05, 4.69) is 28.8 Å². The van der Waals surface area contributed by atoms with Gasteiger partial charge in [0.25, 0.3) is 0 Å². The molecule has 1 heterocycles. The Kier molecular flexibility index (Phi) is 2.91. The summed E-state index contributed by atoms with van der Waals surface area (Å²) in [5.74, 6) is 0.998. The third-order valence-corrected chi connectivity index (χ3v) is 4.60. The van der Waals surface area contributed by atoms with E-state index >= 15 is 0 Å². The molecule has 2 rings (SSSR count). The van der Waals surface area contributed by atoms with Gasteiger partial charge in [0, 0.05) is 17.3 Å². The van der Waals surface area contributed by atoms with Gasteiger partial charge in [-0.2, -0.15) is 11.8 Å². The molecule has 1 atom stereocenters. The van der Waals surface area contributed by atoms with Gasteiger partial charge in [0.05, 0.1) is 6.54 Å². The van der Waals surface area contributed by atoms with E-state index in [-0.39, 0.29) is 0 Å². The smallest absolute Gasteiger partial charge is 0.191 e. The molecule has 4 heteroatoms. The second-order valence-corrected chi connectivity index (χ2v) is 5.60. The van der Waals surface area contributed by atoms with Crippen LogP contribution in [-0.2, 0) is 0 Å². The van der Waals surface area contributed by atoms with E-state index in [0.717, 1.165) is 19.0 Å². The summed E-state index contributed by atoms with van der Waals surface area (Å²) < 4.78 is 0.496. The highest BCUT2D eigenvalue weighted by Crippen LogP contribution is 2.42. The zero-order valence-corrected chi connectivity index (χ0v) is 9.78. The summed E-state index contributed by atoms with van der Waals surface area (Å²) in [4.78, 5) is 4.40. The van der Waals surface area contributed by atoms with Crippen LogP contribution in [0.5, 0.6) is 0 Å². The predicted molar refractivity (Wildman–Crippen MR) is 63.0 cm³/mol. The number of nitrogens with one attached hydrogen (secondary N) is 2. The highest BCUT2D eigenvalue weighted by molar-refractivity contribution is 8.00. The SMILES string of the molecule is CSC1(CNC2=NCC(C)N2)CCC1. The Bertz CT molecular complexity index is 230. The Hall–Kier alpha value is -0.380. The lowest BCUT2D eigenvalue weighted by Gasteiger charge is -2.40. The monoisotopic (exact) mass is 213 g/mol. The molecule has 3 nitrogen and oxygen atoms in total. The maximum absolute atomic E-state index is 4.40. The van der Waals surface area contributed by atoms with Crippen LogP contribution in [-0.4, -0.2) is 36.1 Å². The van der Waals surface area contributed by atoms with Gasteiger partial charge in [0.1, 0.15) is 0 Å². The van der Waals surface area contributed by atoms with Crippen molar-refractivity contribution < 1.29 is 0 Å². The van der Waals surface area contributed by atoms with Crippen molar-refractivity contribution in [2.75, 3.05) is 19.3 Å². The molecule has 80 valence electrons. The van der Waals surface area contributed by atoms with Crippen LogP contribution >= 0.6 is 11.8 Å². The molecule has 1 fully saturated rings. The minimum atomic E-state index is 0.496. The molecule has 0 amide bonds. The molecule has 1 aliphatic carbocycles. The maximum atomic E-state index is 4.40. The largest absolute Gasteiger partial charge is 0.355 e. The summed E-state index contributed by atoms with van der Waals surface area (Å²) in [6, 6.07) is 0.504. The topological polar surface area (TPSA) is 36.4 Å². The van der Waals surface area contributed by atoms with E-state index in [9.17, 15) is 0 Å². The van der Waals surface area contributed by atoms with E-state index in [4.69, 9.17) is 0 Å². The molecule has 0 bridgehead atoms. The van der Waals surface area contributed by atoms with Crippen molar-refractivity contribution in [3.63, 3.8) is 0 Å². The molecular weight excluding hydrogens is 194 g/mol. The number of guanidine groups is 1. The van der Waals surface area contributed by atoms with Crippen LogP contribution in [0, 0.1) is 0 Å². The third kappa shape index (κ3) is 2.00. The van der Waals surface area contributed by atoms with Crippen molar-refractivity contribution in [3.8, 4) is 0 Å². The van der Waals surface area contributed by atoms with Crippen LogP contribution in [0.3, 0.4) is 0 Å². The van der Waals surface area contributed by atoms with E-state index in [1.165, 1.54) is 19.3 Å². The molecule has 0 saturated heterocycles. The minimum absolute atomic E-state index is 0.496. The number of rotatable bonds is 3. The van der Waals surface area contributed by atoms with Gasteiger partial charge in [0.15, 0.2) is 5.96 Å². The second kappa shape index (κ2) is 4.01. The fraction of sp³-hybridized carbons (Fsp3) is 0.900. The molecule has 2 N–H and O–H groups in total. The minimum Gasteiger partial charge on any atom is -0.355 e. The molecule has 0 spiro atoms. The molecule has 14 heavy (non-hydrogen) atoms. The number of hydrogen-bond donors (Lipinski definition) is 2. The van der Waals surface area contributed by atoms with Gasteiger partial charge in [-0.15, -0.1) is 0 Å². The fourth-order valence-electron chi connectivity index (χ4n) is 1.93. The van der Waals surface area contributed by atoms with Crippen LogP contribution < -0.4 is 10.6 Å². The van der Waals surface area contributed by atoms with Gasteiger partial charge in [-0.3, -0.25) is 4.99 Å². The van der Waals surface area contributed by atoms with E-state index in [1.54, 1.807) is 0 Å². The summed E-state index contributed by atoms with van der Waals surface area (Å²) in [5.41, 5.74) is 0. The lowest BCUT2D eigenvalue weighted by atomic mass is 9.84. The van der Waals surface area contributed by atoms with Gasteiger partial charge >= 0.3 is 0 Å². The van der Waals surface area contributed by atoms with Gasteiger partial charge in [-0.05, 0) is 26.0 Å². The fourth-order valence-corrected chi connectivity index (χ4v) is 2.84. The van der Waals surface area contributed by atoms with Crippen molar-refractivity contribution in [1.82, 2.24) is 10.6 Å². The molecule has 0 aromatic carbocycles.